The van der Waals surface area contributed by atoms with Crippen molar-refractivity contribution < 1.29 is 9.63 Å². The van der Waals surface area contributed by atoms with Crippen molar-refractivity contribution in [3.8, 4) is 0 Å². The second kappa shape index (κ2) is 10.7. The fraction of sp³-hybridized carbons (Fsp3) is 0.565. The van der Waals surface area contributed by atoms with Gasteiger partial charge in [-0.05, 0) is 24.5 Å². The molecule has 0 saturated carbocycles. The zero-order chi connectivity index (χ0) is 21.5. The molecule has 2 aromatic rings. The van der Waals surface area contributed by atoms with Gasteiger partial charge in [0, 0.05) is 65.0 Å². The van der Waals surface area contributed by atoms with Crippen molar-refractivity contribution in [1.29, 1.82) is 0 Å². The number of aliphatic hydroxyl groups is 1. The predicted molar refractivity (Wildman–Crippen MR) is 121 cm³/mol. The fourth-order valence-electron chi connectivity index (χ4n) is 4.35. The summed E-state index contributed by atoms with van der Waals surface area (Å²) in [6.45, 7) is 10.4. The molecule has 4 rings (SSSR count). The van der Waals surface area contributed by atoms with E-state index >= 15 is 0 Å². The third-order valence-electron chi connectivity index (χ3n) is 6.01. The van der Waals surface area contributed by atoms with Crippen LogP contribution in [0, 0.1) is 0 Å². The SMILES string of the molecule is CCNC(=NCC(O)CN1CCc2ccccc2C1)N1CCN(Cc2ccon2)CC1. The number of nitrogens with zero attached hydrogens (tertiary/aromatic N) is 5. The first kappa shape index (κ1) is 21.8. The van der Waals surface area contributed by atoms with Gasteiger partial charge in [0.15, 0.2) is 5.96 Å². The summed E-state index contributed by atoms with van der Waals surface area (Å²) in [5.41, 5.74) is 3.78. The predicted octanol–water partition coefficient (Wildman–Crippen LogP) is 1.18. The number of hydrogen-bond donors (Lipinski definition) is 2. The summed E-state index contributed by atoms with van der Waals surface area (Å²) < 4.78 is 4.93. The largest absolute Gasteiger partial charge is 0.390 e. The van der Waals surface area contributed by atoms with Crippen LogP contribution in [0.3, 0.4) is 0 Å². The van der Waals surface area contributed by atoms with Crippen molar-refractivity contribution in [3.05, 3.63) is 53.4 Å². The van der Waals surface area contributed by atoms with Crippen LogP contribution in [0.25, 0.3) is 0 Å². The Balaban J connectivity index is 1.26. The second-order valence-electron chi connectivity index (χ2n) is 8.36. The van der Waals surface area contributed by atoms with Crippen LogP contribution in [0.1, 0.15) is 23.7 Å². The molecule has 8 heteroatoms. The Morgan fingerprint density at radius 3 is 2.68 bits per heavy atom. The van der Waals surface area contributed by atoms with E-state index in [2.05, 4.69) is 56.4 Å². The number of fused-ring (bicyclic) bond motifs is 1. The lowest BCUT2D eigenvalue weighted by molar-refractivity contribution is 0.111. The van der Waals surface area contributed by atoms with Crippen LogP contribution < -0.4 is 5.32 Å². The average molecular weight is 427 g/mol. The molecule has 0 aliphatic carbocycles. The van der Waals surface area contributed by atoms with Gasteiger partial charge in [0.05, 0.1) is 18.3 Å². The Hall–Kier alpha value is -2.42. The standard InChI is InChI=1S/C23H34N6O2/c1-2-24-23(29-12-10-27(11-13-29)17-21-8-14-31-26-21)25-15-22(30)18-28-9-7-19-5-3-4-6-20(19)16-28/h3-6,8,14,22,30H,2,7,9-13,15-18H2,1H3,(H,24,25). The lowest BCUT2D eigenvalue weighted by atomic mass is 10.00. The molecule has 0 bridgehead atoms. The molecular formula is C23H34N6O2. The topological polar surface area (TPSA) is 80.4 Å². The van der Waals surface area contributed by atoms with E-state index in [1.165, 1.54) is 11.1 Å². The zero-order valence-electron chi connectivity index (χ0n) is 18.4. The Morgan fingerprint density at radius 2 is 1.94 bits per heavy atom. The van der Waals surface area contributed by atoms with E-state index in [1.54, 1.807) is 6.26 Å². The summed E-state index contributed by atoms with van der Waals surface area (Å²) >= 11 is 0. The lowest BCUT2D eigenvalue weighted by Crippen LogP contribution is -2.52. The van der Waals surface area contributed by atoms with E-state index < -0.39 is 6.10 Å². The second-order valence-corrected chi connectivity index (χ2v) is 8.36. The molecule has 0 amide bonds. The Kier molecular flexibility index (Phi) is 7.56. The summed E-state index contributed by atoms with van der Waals surface area (Å²) in [5.74, 6) is 0.895. The number of benzene rings is 1. The van der Waals surface area contributed by atoms with Gasteiger partial charge in [-0.2, -0.15) is 0 Å². The molecule has 1 aromatic carbocycles. The van der Waals surface area contributed by atoms with Crippen LogP contribution in [-0.4, -0.2) is 89.4 Å². The molecule has 168 valence electrons. The Bertz CT molecular complexity index is 832. The van der Waals surface area contributed by atoms with Gasteiger partial charge in [0.2, 0.25) is 0 Å². The molecule has 2 N–H and O–H groups in total. The van der Waals surface area contributed by atoms with Gasteiger partial charge in [0.25, 0.3) is 0 Å². The van der Waals surface area contributed by atoms with E-state index in [-0.39, 0.29) is 0 Å². The molecule has 1 atom stereocenters. The molecule has 3 heterocycles. The van der Waals surface area contributed by atoms with Gasteiger partial charge in [0.1, 0.15) is 6.26 Å². The summed E-state index contributed by atoms with van der Waals surface area (Å²) in [7, 11) is 0. The minimum atomic E-state index is -0.465. The van der Waals surface area contributed by atoms with Crippen LogP contribution >= 0.6 is 0 Å². The van der Waals surface area contributed by atoms with Crippen molar-refractivity contribution in [2.24, 2.45) is 4.99 Å². The molecule has 2 aliphatic heterocycles. The molecule has 1 unspecified atom stereocenters. The number of hydrogen-bond acceptors (Lipinski definition) is 6. The molecular weight excluding hydrogens is 392 g/mol. The number of piperazine rings is 1. The summed E-state index contributed by atoms with van der Waals surface area (Å²) in [5, 5.41) is 18.0. The highest BCUT2D eigenvalue weighted by Gasteiger charge is 2.22. The van der Waals surface area contributed by atoms with Gasteiger partial charge in [-0.15, -0.1) is 0 Å². The van der Waals surface area contributed by atoms with Gasteiger partial charge in [-0.3, -0.25) is 14.8 Å². The summed E-state index contributed by atoms with van der Waals surface area (Å²) in [4.78, 5) is 11.7. The van der Waals surface area contributed by atoms with Crippen molar-refractivity contribution >= 4 is 5.96 Å². The molecule has 1 aromatic heterocycles. The van der Waals surface area contributed by atoms with Crippen LogP contribution in [0.2, 0.25) is 0 Å². The number of aliphatic imine (C=N–C) groups is 1. The normalized spacial score (nSPS) is 19.3. The fourth-order valence-corrected chi connectivity index (χ4v) is 4.35. The zero-order valence-corrected chi connectivity index (χ0v) is 18.4. The maximum Gasteiger partial charge on any atom is 0.194 e. The van der Waals surface area contributed by atoms with Gasteiger partial charge in [-0.1, -0.05) is 29.4 Å². The first-order valence-electron chi connectivity index (χ1n) is 11.3. The minimum absolute atomic E-state index is 0.416. The maximum atomic E-state index is 10.6. The van der Waals surface area contributed by atoms with E-state index in [0.29, 0.717) is 13.1 Å². The van der Waals surface area contributed by atoms with Gasteiger partial charge < -0.3 is 19.8 Å². The lowest BCUT2D eigenvalue weighted by Gasteiger charge is -2.36. The summed E-state index contributed by atoms with van der Waals surface area (Å²) in [6, 6.07) is 10.5. The highest BCUT2D eigenvalue weighted by atomic mass is 16.5. The highest BCUT2D eigenvalue weighted by molar-refractivity contribution is 5.80. The van der Waals surface area contributed by atoms with Crippen molar-refractivity contribution in [2.75, 3.05) is 52.4 Å². The Morgan fingerprint density at radius 1 is 1.13 bits per heavy atom. The Labute approximate surface area is 184 Å². The molecule has 31 heavy (non-hydrogen) atoms. The number of rotatable bonds is 7. The molecule has 0 spiro atoms. The first-order valence-corrected chi connectivity index (χ1v) is 11.3. The number of guanidine groups is 1. The average Bonchev–Trinajstić information content (AvgIpc) is 3.30. The smallest absolute Gasteiger partial charge is 0.194 e. The van der Waals surface area contributed by atoms with E-state index in [1.807, 2.05) is 6.07 Å². The first-order chi connectivity index (χ1) is 15.2. The van der Waals surface area contributed by atoms with Crippen LogP contribution in [0.5, 0.6) is 0 Å². The highest BCUT2D eigenvalue weighted by Crippen LogP contribution is 2.18. The molecule has 0 radical (unpaired) electrons. The van der Waals surface area contributed by atoms with Crippen molar-refractivity contribution in [2.45, 2.75) is 32.5 Å². The van der Waals surface area contributed by atoms with Crippen LogP contribution in [0.4, 0.5) is 0 Å². The molecule has 1 fully saturated rings. The maximum absolute atomic E-state index is 10.6. The van der Waals surface area contributed by atoms with Gasteiger partial charge in [-0.25, -0.2) is 0 Å². The third kappa shape index (κ3) is 6.06. The van der Waals surface area contributed by atoms with E-state index in [9.17, 15) is 5.11 Å². The summed E-state index contributed by atoms with van der Waals surface area (Å²) in [6.07, 6.45) is 2.20. The number of aliphatic hydroxyl groups excluding tert-OH is 1. The van der Waals surface area contributed by atoms with E-state index in [0.717, 1.165) is 70.4 Å². The molecule has 1 saturated heterocycles. The quantitative estimate of drug-likeness (QED) is 0.508. The van der Waals surface area contributed by atoms with Crippen molar-refractivity contribution in [3.63, 3.8) is 0 Å². The van der Waals surface area contributed by atoms with Crippen LogP contribution in [-0.2, 0) is 19.5 Å². The van der Waals surface area contributed by atoms with Crippen LogP contribution in [0.15, 0.2) is 46.1 Å². The number of nitrogens with one attached hydrogen (secondary N) is 1. The third-order valence-corrected chi connectivity index (χ3v) is 6.01. The molecule has 8 nitrogen and oxygen atoms in total. The number of aromatic nitrogens is 1. The minimum Gasteiger partial charge on any atom is -0.390 e. The number of β-amino-alcohol motifs (C(OH)–C–C–N with tert-alkyl or cyclic N) is 1. The van der Waals surface area contributed by atoms with Gasteiger partial charge >= 0.3 is 0 Å². The van der Waals surface area contributed by atoms with Crippen molar-refractivity contribution in [1.82, 2.24) is 25.2 Å². The van der Waals surface area contributed by atoms with E-state index in [4.69, 9.17) is 9.52 Å². The monoisotopic (exact) mass is 426 g/mol. The molecule has 2 aliphatic rings.